The maximum atomic E-state index is 12.2. The summed E-state index contributed by atoms with van der Waals surface area (Å²) >= 11 is 0. The number of nitrogens with one attached hydrogen (secondary N) is 2. The summed E-state index contributed by atoms with van der Waals surface area (Å²) in [7, 11) is 0. The molecule has 0 radical (unpaired) electrons. The van der Waals surface area contributed by atoms with Crippen LogP contribution in [-0.2, 0) is 14.3 Å². The molecule has 0 saturated carbocycles. The van der Waals surface area contributed by atoms with Crippen molar-refractivity contribution in [3.05, 3.63) is 59.7 Å². The maximum Gasteiger partial charge on any atom is 0.338 e. The van der Waals surface area contributed by atoms with Gasteiger partial charge in [-0.15, -0.1) is 0 Å². The van der Waals surface area contributed by atoms with Gasteiger partial charge in [-0.25, -0.2) is 4.79 Å². The topological polar surface area (TPSA) is 108 Å². The zero-order valence-electron chi connectivity index (χ0n) is 14.3. The maximum absolute atomic E-state index is 12.2. The van der Waals surface area contributed by atoms with E-state index in [4.69, 9.17) is 10.00 Å². The Morgan fingerprint density at radius 2 is 1.69 bits per heavy atom. The first-order valence-electron chi connectivity index (χ1n) is 7.78. The second-order valence-electron chi connectivity index (χ2n) is 5.49. The van der Waals surface area contributed by atoms with Crippen molar-refractivity contribution in [3.63, 3.8) is 0 Å². The molecule has 0 aliphatic carbocycles. The van der Waals surface area contributed by atoms with E-state index in [1.807, 2.05) is 6.07 Å². The SMILES string of the molecule is CC(=O)Nc1cccc(C(=O)O[C@@H](C)C(=O)Nc2cccc(C#N)c2)c1. The number of nitrogens with zero attached hydrogens (tertiary/aromatic N) is 1. The number of carbonyl (C=O) groups excluding carboxylic acids is 3. The first-order valence-corrected chi connectivity index (χ1v) is 7.78. The lowest BCUT2D eigenvalue weighted by atomic mass is 10.2. The van der Waals surface area contributed by atoms with E-state index in [1.54, 1.807) is 30.3 Å². The summed E-state index contributed by atoms with van der Waals surface area (Å²) < 4.78 is 5.16. The number of ether oxygens (including phenoxy) is 1. The van der Waals surface area contributed by atoms with Gasteiger partial charge in [0.15, 0.2) is 6.10 Å². The molecule has 2 N–H and O–H groups in total. The lowest BCUT2D eigenvalue weighted by Crippen LogP contribution is -2.30. The molecule has 0 heterocycles. The van der Waals surface area contributed by atoms with Gasteiger partial charge >= 0.3 is 5.97 Å². The summed E-state index contributed by atoms with van der Waals surface area (Å²) in [6.45, 7) is 2.80. The summed E-state index contributed by atoms with van der Waals surface area (Å²) in [5.74, 6) is -1.47. The van der Waals surface area contributed by atoms with Crippen LogP contribution in [0.25, 0.3) is 0 Å². The number of anilines is 2. The monoisotopic (exact) mass is 351 g/mol. The number of rotatable bonds is 5. The van der Waals surface area contributed by atoms with Gasteiger partial charge in [-0.05, 0) is 43.3 Å². The molecular formula is C19H17N3O4. The van der Waals surface area contributed by atoms with Crippen LogP contribution in [0.15, 0.2) is 48.5 Å². The average molecular weight is 351 g/mol. The van der Waals surface area contributed by atoms with Crippen LogP contribution in [0.5, 0.6) is 0 Å². The predicted octanol–water partition coefficient (Wildman–Crippen LogP) is 2.70. The third-order valence-corrected chi connectivity index (χ3v) is 3.33. The molecule has 2 aromatic rings. The van der Waals surface area contributed by atoms with Crippen molar-refractivity contribution in [2.24, 2.45) is 0 Å². The quantitative estimate of drug-likeness (QED) is 0.805. The van der Waals surface area contributed by atoms with Crippen molar-refractivity contribution in [3.8, 4) is 6.07 Å². The standard InChI is InChI=1S/C19H17N3O4/c1-12(18(24)22-16-7-3-5-14(9-16)11-20)26-19(25)15-6-4-8-17(10-15)21-13(2)23/h3-10,12H,1-2H3,(H,21,23)(H,22,24)/t12-/m0/s1. The Morgan fingerprint density at radius 1 is 1.04 bits per heavy atom. The summed E-state index contributed by atoms with van der Waals surface area (Å²) in [5, 5.41) is 14.0. The van der Waals surface area contributed by atoms with Gasteiger partial charge in [0.2, 0.25) is 5.91 Å². The Bertz CT molecular complexity index is 886. The molecular weight excluding hydrogens is 334 g/mol. The number of esters is 1. The second kappa shape index (κ2) is 8.44. The summed E-state index contributed by atoms with van der Waals surface area (Å²) in [6, 6.07) is 14.6. The van der Waals surface area contributed by atoms with Gasteiger partial charge in [0.1, 0.15) is 0 Å². The van der Waals surface area contributed by atoms with Crippen LogP contribution in [0.1, 0.15) is 29.8 Å². The fraction of sp³-hybridized carbons (Fsp3) is 0.158. The third-order valence-electron chi connectivity index (χ3n) is 3.33. The zero-order chi connectivity index (χ0) is 19.1. The van der Waals surface area contributed by atoms with Gasteiger partial charge < -0.3 is 15.4 Å². The van der Waals surface area contributed by atoms with Gasteiger partial charge in [-0.3, -0.25) is 9.59 Å². The van der Waals surface area contributed by atoms with E-state index in [9.17, 15) is 14.4 Å². The molecule has 0 aromatic heterocycles. The molecule has 0 bridgehead atoms. The number of benzene rings is 2. The Balaban J connectivity index is 2.00. The molecule has 2 aromatic carbocycles. The van der Waals surface area contributed by atoms with Gasteiger partial charge in [0.05, 0.1) is 17.2 Å². The van der Waals surface area contributed by atoms with E-state index in [0.717, 1.165) is 0 Å². The highest BCUT2D eigenvalue weighted by molar-refractivity contribution is 5.98. The van der Waals surface area contributed by atoms with E-state index in [1.165, 1.54) is 32.0 Å². The van der Waals surface area contributed by atoms with Gasteiger partial charge in [-0.1, -0.05) is 12.1 Å². The minimum atomic E-state index is -1.04. The molecule has 1 atom stereocenters. The van der Waals surface area contributed by atoms with Crippen molar-refractivity contribution in [2.75, 3.05) is 10.6 Å². The van der Waals surface area contributed by atoms with Crippen LogP contribution in [0.4, 0.5) is 11.4 Å². The van der Waals surface area contributed by atoms with Crippen LogP contribution >= 0.6 is 0 Å². The Hall–Kier alpha value is -3.66. The molecule has 0 aliphatic rings. The van der Waals surface area contributed by atoms with Gasteiger partial charge in [0.25, 0.3) is 5.91 Å². The average Bonchev–Trinajstić information content (AvgIpc) is 2.61. The Labute approximate surface area is 150 Å². The highest BCUT2D eigenvalue weighted by atomic mass is 16.5. The fourth-order valence-electron chi connectivity index (χ4n) is 2.12. The van der Waals surface area contributed by atoms with Crippen molar-refractivity contribution in [1.82, 2.24) is 0 Å². The van der Waals surface area contributed by atoms with Crippen molar-refractivity contribution < 1.29 is 19.1 Å². The molecule has 2 amide bonds. The molecule has 132 valence electrons. The molecule has 0 aliphatic heterocycles. The van der Waals surface area contributed by atoms with E-state index in [0.29, 0.717) is 16.9 Å². The molecule has 0 unspecified atom stereocenters. The summed E-state index contributed by atoms with van der Waals surface area (Å²) in [4.78, 5) is 35.4. The minimum Gasteiger partial charge on any atom is -0.449 e. The van der Waals surface area contributed by atoms with Crippen molar-refractivity contribution in [2.45, 2.75) is 20.0 Å². The number of nitriles is 1. The lowest BCUT2D eigenvalue weighted by Gasteiger charge is -2.14. The van der Waals surface area contributed by atoms with Crippen LogP contribution in [-0.4, -0.2) is 23.9 Å². The normalized spacial score (nSPS) is 11.0. The van der Waals surface area contributed by atoms with E-state index >= 15 is 0 Å². The van der Waals surface area contributed by atoms with Gasteiger partial charge in [-0.2, -0.15) is 5.26 Å². The highest BCUT2D eigenvalue weighted by Crippen LogP contribution is 2.14. The van der Waals surface area contributed by atoms with Crippen LogP contribution < -0.4 is 10.6 Å². The third kappa shape index (κ3) is 5.18. The summed E-state index contributed by atoms with van der Waals surface area (Å²) in [5.41, 5.74) is 1.51. The van der Waals surface area contributed by atoms with E-state index in [-0.39, 0.29) is 11.5 Å². The second-order valence-corrected chi connectivity index (χ2v) is 5.49. The molecule has 0 spiro atoms. The van der Waals surface area contributed by atoms with Crippen LogP contribution in [0.3, 0.4) is 0 Å². The van der Waals surface area contributed by atoms with E-state index in [2.05, 4.69) is 10.6 Å². The zero-order valence-corrected chi connectivity index (χ0v) is 14.3. The van der Waals surface area contributed by atoms with Crippen molar-refractivity contribution >= 4 is 29.2 Å². The predicted molar refractivity (Wildman–Crippen MR) is 95.4 cm³/mol. The van der Waals surface area contributed by atoms with Gasteiger partial charge in [0, 0.05) is 18.3 Å². The first kappa shape index (κ1) is 18.7. The molecule has 7 heteroatoms. The first-order chi connectivity index (χ1) is 12.4. The van der Waals surface area contributed by atoms with Crippen LogP contribution in [0.2, 0.25) is 0 Å². The molecule has 2 rings (SSSR count). The number of amides is 2. The Morgan fingerprint density at radius 3 is 2.35 bits per heavy atom. The molecule has 26 heavy (non-hydrogen) atoms. The smallest absolute Gasteiger partial charge is 0.338 e. The van der Waals surface area contributed by atoms with Crippen LogP contribution in [0, 0.1) is 11.3 Å². The number of carbonyl (C=O) groups is 3. The Kier molecular flexibility index (Phi) is 6.06. The highest BCUT2D eigenvalue weighted by Gasteiger charge is 2.19. The molecule has 7 nitrogen and oxygen atoms in total. The largest absolute Gasteiger partial charge is 0.449 e. The lowest BCUT2D eigenvalue weighted by molar-refractivity contribution is -0.123. The molecule has 0 saturated heterocycles. The van der Waals surface area contributed by atoms with Crippen molar-refractivity contribution in [1.29, 1.82) is 5.26 Å². The number of hydrogen-bond donors (Lipinski definition) is 2. The number of hydrogen-bond acceptors (Lipinski definition) is 5. The minimum absolute atomic E-state index is 0.211. The fourth-order valence-corrected chi connectivity index (χ4v) is 2.12. The molecule has 0 fully saturated rings. The summed E-state index contributed by atoms with van der Waals surface area (Å²) in [6.07, 6.45) is -1.04. The van der Waals surface area contributed by atoms with E-state index < -0.39 is 18.0 Å².